The predicted molar refractivity (Wildman–Crippen MR) is 57.8 cm³/mol. The first-order chi connectivity index (χ1) is 9.23. The molecule has 122 valence electrons. The number of alkyl halides is 6. The first kappa shape index (κ1) is 17.7. The Morgan fingerprint density at radius 1 is 0.952 bits per heavy atom. The lowest BCUT2D eigenvalue weighted by molar-refractivity contribution is -0.0510. The monoisotopic (exact) mass is 360 g/mol. The molecule has 0 saturated heterocycles. The van der Waals surface area contributed by atoms with Crippen molar-refractivity contribution in [2.24, 2.45) is 4.99 Å². The fourth-order valence-electron chi connectivity index (χ4n) is 1.18. The number of sulfonamides is 2. The van der Waals surface area contributed by atoms with Crippen molar-refractivity contribution in [1.82, 2.24) is 3.71 Å². The van der Waals surface area contributed by atoms with Gasteiger partial charge in [0.2, 0.25) is 0 Å². The summed E-state index contributed by atoms with van der Waals surface area (Å²) in [6.45, 7) is -0.358. The van der Waals surface area contributed by atoms with Gasteiger partial charge in [0.15, 0.2) is 5.84 Å². The molecule has 1 aliphatic heterocycles. The molecule has 0 unspecified atom stereocenters. The number of nitrogens with zero attached hydrogens (tertiary/aromatic N) is 2. The van der Waals surface area contributed by atoms with Crippen molar-refractivity contribution in [1.29, 1.82) is 0 Å². The third-order valence-electron chi connectivity index (χ3n) is 2.05. The van der Waals surface area contributed by atoms with E-state index in [1.54, 1.807) is 0 Å². The van der Waals surface area contributed by atoms with Crippen LogP contribution in [-0.4, -0.2) is 43.9 Å². The van der Waals surface area contributed by atoms with Gasteiger partial charge in [-0.25, -0.2) is 0 Å². The van der Waals surface area contributed by atoms with Gasteiger partial charge in [-0.1, -0.05) is 6.08 Å². The molecule has 0 N–H and O–H groups in total. The minimum Gasteiger partial charge on any atom is -0.266 e. The second-order valence-electron chi connectivity index (χ2n) is 3.53. The normalized spacial score (nSPS) is 17.5. The lowest BCUT2D eigenvalue weighted by Gasteiger charge is -2.26. The third-order valence-corrected chi connectivity index (χ3v) is 5.64. The van der Waals surface area contributed by atoms with Crippen LogP contribution in [-0.2, 0) is 20.0 Å². The molecule has 6 nitrogen and oxygen atoms in total. The molecule has 0 aromatic heterocycles. The topological polar surface area (TPSA) is 83.9 Å². The van der Waals surface area contributed by atoms with Gasteiger partial charge in [-0.05, 0) is 12.5 Å². The summed E-state index contributed by atoms with van der Waals surface area (Å²) in [5, 5.41) is 0. The van der Waals surface area contributed by atoms with Gasteiger partial charge in [-0.15, -0.1) is 3.71 Å². The molecule has 14 heteroatoms. The molecule has 0 aliphatic carbocycles. The van der Waals surface area contributed by atoms with Gasteiger partial charge in [-0.3, -0.25) is 4.99 Å². The van der Waals surface area contributed by atoms with E-state index >= 15 is 0 Å². The zero-order chi connectivity index (χ0) is 16.7. The van der Waals surface area contributed by atoms with Crippen LogP contribution in [0.15, 0.2) is 17.1 Å². The number of halogens is 6. The summed E-state index contributed by atoms with van der Waals surface area (Å²) < 4.78 is 117. The standard InChI is InChI=1S/C7H6F6N2O4S2/c8-6(9,10)20(16,17)15(5-3-1-2-4-14-5)21(18,19)7(11,12)13/h1,3H,2,4H2. The quantitative estimate of drug-likeness (QED) is 0.696. The Balaban J connectivity index is 3.62. The molecule has 1 rings (SSSR count). The van der Waals surface area contributed by atoms with E-state index in [9.17, 15) is 43.2 Å². The van der Waals surface area contributed by atoms with Crippen molar-refractivity contribution < 1.29 is 43.2 Å². The Morgan fingerprint density at radius 3 is 1.67 bits per heavy atom. The van der Waals surface area contributed by atoms with E-state index in [1.807, 2.05) is 0 Å². The van der Waals surface area contributed by atoms with Crippen LogP contribution in [0.1, 0.15) is 6.42 Å². The van der Waals surface area contributed by atoms with Crippen molar-refractivity contribution in [3.05, 3.63) is 12.2 Å². The summed E-state index contributed by atoms with van der Waals surface area (Å²) in [5.41, 5.74) is -12.5. The number of dihydropyridines is 1. The van der Waals surface area contributed by atoms with Crippen LogP contribution in [0.25, 0.3) is 0 Å². The lowest BCUT2D eigenvalue weighted by Crippen LogP contribution is -2.51. The molecule has 0 spiro atoms. The van der Waals surface area contributed by atoms with E-state index in [4.69, 9.17) is 0 Å². The minimum atomic E-state index is -6.84. The summed E-state index contributed by atoms with van der Waals surface area (Å²) in [7, 11) is -13.7. The first-order valence-electron chi connectivity index (χ1n) is 4.87. The van der Waals surface area contributed by atoms with Crippen LogP contribution < -0.4 is 0 Å². The lowest BCUT2D eigenvalue weighted by atomic mass is 10.3. The van der Waals surface area contributed by atoms with Gasteiger partial charge in [0.25, 0.3) is 0 Å². The minimum absolute atomic E-state index is 0.107. The summed E-state index contributed by atoms with van der Waals surface area (Å²) in [6, 6.07) is 0. The van der Waals surface area contributed by atoms with Gasteiger partial charge < -0.3 is 0 Å². The summed E-state index contributed by atoms with van der Waals surface area (Å²) in [6.07, 6.45) is 1.55. The van der Waals surface area contributed by atoms with Gasteiger partial charge in [0, 0.05) is 6.54 Å². The predicted octanol–water partition coefficient (Wildman–Crippen LogP) is 1.35. The highest BCUT2D eigenvalue weighted by Gasteiger charge is 2.62. The van der Waals surface area contributed by atoms with E-state index in [-0.39, 0.29) is 13.0 Å². The second kappa shape index (κ2) is 5.15. The van der Waals surface area contributed by atoms with Crippen molar-refractivity contribution in [3.63, 3.8) is 0 Å². The molecule has 0 radical (unpaired) electrons. The SMILES string of the molecule is O=S(=O)(N(C1=NCCC=C1)S(=O)(=O)C(F)(F)F)C(F)(F)F. The zero-order valence-electron chi connectivity index (χ0n) is 9.68. The summed E-state index contributed by atoms with van der Waals surface area (Å²) in [4.78, 5) is 3.09. The molecule has 0 bridgehead atoms. The van der Waals surface area contributed by atoms with E-state index < -0.39 is 40.6 Å². The highest BCUT2D eigenvalue weighted by Crippen LogP contribution is 2.35. The fourth-order valence-corrected chi connectivity index (χ4v) is 3.82. The van der Waals surface area contributed by atoms with Gasteiger partial charge in [0.1, 0.15) is 0 Å². The van der Waals surface area contributed by atoms with E-state index in [0.717, 1.165) is 6.08 Å². The van der Waals surface area contributed by atoms with E-state index in [0.29, 0.717) is 6.08 Å². The molecule has 0 amide bonds. The molecule has 0 saturated carbocycles. The molecule has 0 aromatic rings. The molecular weight excluding hydrogens is 354 g/mol. The fraction of sp³-hybridized carbons (Fsp3) is 0.571. The molecule has 1 aliphatic rings. The van der Waals surface area contributed by atoms with Crippen LogP contribution in [0.3, 0.4) is 0 Å². The van der Waals surface area contributed by atoms with Crippen LogP contribution in [0, 0.1) is 0 Å². The summed E-state index contributed by atoms with van der Waals surface area (Å²) in [5.74, 6) is -1.48. The molecule has 0 fully saturated rings. The number of rotatable bonds is 2. The molecule has 1 heterocycles. The Morgan fingerprint density at radius 2 is 1.38 bits per heavy atom. The average molecular weight is 360 g/mol. The molecule has 0 aromatic carbocycles. The van der Waals surface area contributed by atoms with Crippen molar-refractivity contribution in [3.8, 4) is 0 Å². The smallest absolute Gasteiger partial charge is 0.266 e. The first-order valence-corrected chi connectivity index (χ1v) is 7.75. The number of hydrogen-bond acceptors (Lipinski definition) is 5. The highest BCUT2D eigenvalue weighted by atomic mass is 32.3. The highest BCUT2D eigenvalue weighted by molar-refractivity contribution is 8.05. The van der Waals surface area contributed by atoms with Gasteiger partial charge in [-0.2, -0.15) is 43.2 Å². The van der Waals surface area contributed by atoms with Crippen LogP contribution in [0.2, 0.25) is 0 Å². The van der Waals surface area contributed by atoms with Crippen molar-refractivity contribution in [2.45, 2.75) is 17.4 Å². The van der Waals surface area contributed by atoms with Crippen molar-refractivity contribution in [2.75, 3.05) is 6.54 Å². The molecule has 21 heavy (non-hydrogen) atoms. The van der Waals surface area contributed by atoms with Crippen LogP contribution in [0.4, 0.5) is 26.3 Å². The number of hydrogen-bond donors (Lipinski definition) is 0. The van der Waals surface area contributed by atoms with Crippen LogP contribution >= 0.6 is 0 Å². The van der Waals surface area contributed by atoms with E-state index in [2.05, 4.69) is 4.99 Å². The number of amidine groups is 1. The van der Waals surface area contributed by atoms with Crippen molar-refractivity contribution >= 4 is 25.9 Å². The zero-order valence-corrected chi connectivity index (χ0v) is 11.3. The Hall–Kier alpha value is -1.31. The molecular formula is C7H6F6N2O4S2. The Labute approximate surface area is 114 Å². The maximum atomic E-state index is 12.4. The maximum Gasteiger partial charge on any atom is 0.517 e. The Kier molecular flexibility index (Phi) is 4.35. The Bertz CT molecular complexity index is 629. The second-order valence-corrected chi connectivity index (χ2v) is 7.32. The largest absolute Gasteiger partial charge is 0.517 e. The number of aliphatic imine (C=N–C) groups is 1. The average Bonchev–Trinajstić information content (AvgIpc) is 2.26. The van der Waals surface area contributed by atoms with Gasteiger partial charge in [0.05, 0.1) is 0 Å². The third kappa shape index (κ3) is 3.14. The van der Waals surface area contributed by atoms with E-state index in [1.165, 1.54) is 0 Å². The summed E-state index contributed by atoms with van der Waals surface area (Å²) >= 11 is 0. The van der Waals surface area contributed by atoms with Gasteiger partial charge >= 0.3 is 31.1 Å². The molecule has 0 atom stereocenters. The maximum absolute atomic E-state index is 12.4. The van der Waals surface area contributed by atoms with Crippen LogP contribution in [0.5, 0.6) is 0 Å².